The number of fused-ring (bicyclic) bond motifs is 4. The van der Waals surface area contributed by atoms with Crippen molar-refractivity contribution in [3.05, 3.63) is 65.5 Å². The minimum Gasteiger partial charge on any atom is -0.410 e. The molecule has 7 heteroatoms. The molecule has 2 spiro atoms. The first-order chi connectivity index (χ1) is 23.7. The first kappa shape index (κ1) is 35.4. The van der Waals surface area contributed by atoms with Crippen LogP contribution in [0.15, 0.2) is 60.0 Å². The van der Waals surface area contributed by atoms with E-state index in [1.54, 1.807) is 0 Å². The third kappa shape index (κ3) is 4.85. The molecule has 3 aliphatic carbocycles. The highest BCUT2D eigenvalue weighted by atomic mass is 28.4. The molecule has 0 radical (unpaired) electrons. The molecule has 8 atom stereocenters. The van der Waals surface area contributed by atoms with E-state index in [4.69, 9.17) is 13.6 Å². The number of hydrogen-bond acceptors (Lipinski definition) is 5. The molecular weight excluding hydrogens is 649 g/mol. The lowest BCUT2D eigenvalue weighted by atomic mass is 9.58. The van der Waals surface area contributed by atoms with Crippen molar-refractivity contribution in [3.63, 3.8) is 0 Å². The summed E-state index contributed by atoms with van der Waals surface area (Å²) < 4.78 is 23.8. The molecule has 4 heterocycles. The van der Waals surface area contributed by atoms with Gasteiger partial charge in [0.1, 0.15) is 0 Å². The molecule has 2 aromatic rings. The highest BCUT2D eigenvalue weighted by Gasteiger charge is 2.70. The molecule has 2 saturated carbocycles. The smallest absolute Gasteiger partial charge is 0.198 e. The zero-order valence-electron chi connectivity index (χ0n) is 32.6. The van der Waals surface area contributed by atoms with Crippen LogP contribution in [-0.2, 0) is 13.6 Å². The third-order valence-electron chi connectivity index (χ3n) is 15.6. The van der Waals surface area contributed by atoms with E-state index in [9.17, 15) is 0 Å². The lowest BCUT2D eigenvalue weighted by molar-refractivity contribution is -0.159. The van der Waals surface area contributed by atoms with Crippen molar-refractivity contribution in [2.75, 3.05) is 13.6 Å². The first-order valence-corrected chi connectivity index (χ1v) is 24.8. The van der Waals surface area contributed by atoms with Gasteiger partial charge < -0.3 is 18.9 Å². The monoisotopic (exact) mass is 712 g/mol. The lowest BCUT2D eigenvalue weighted by Gasteiger charge is -2.57. The Morgan fingerprint density at radius 2 is 1.62 bits per heavy atom. The van der Waals surface area contributed by atoms with Crippen molar-refractivity contribution in [2.24, 2.45) is 17.3 Å². The second-order valence-electron chi connectivity index (χ2n) is 19.0. The molecule has 272 valence electrons. The first-order valence-electron chi connectivity index (χ1n) is 20.2. The lowest BCUT2D eigenvalue weighted by Crippen LogP contribution is -2.61. The van der Waals surface area contributed by atoms with E-state index >= 15 is 0 Å². The maximum Gasteiger partial charge on any atom is 0.198 e. The minimum atomic E-state index is -2.27. The van der Waals surface area contributed by atoms with Gasteiger partial charge in [0.15, 0.2) is 16.6 Å². The molecule has 4 fully saturated rings. The van der Waals surface area contributed by atoms with Crippen LogP contribution in [0.5, 0.6) is 0 Å². The third-order valence-corrected chi connectivity index (χ3v) is 29.3. The molecule has 8 rings (SSSR count). The number of pyridine rings is 1. The zero-order valence-corrected chi connectivity index (χ0v) is 34.6. The van der Waals surface area contributed by atoms with E-state index < -0.39 is 16.6 Å². The SMILES string of the molecule is CNC[C@H]1C[C@@]23CC[C@@]4(O2)C(=CC[C@]2(C)[C@@H](c5ccc6ccncc6c5)CC[C@H]24)C=C3[C@H]2O[Si](C(C)C)(C(C)C)C[Si](C(C)C)(C(C)C)O[C@H]12. The molecular formula is C43H64N2O3Si2. The number of aromatic nitrogens is 1. The van der Waals surface area contributed by atoms with Crippen molar-refractivity contribution in [1.82, 2.24) is 10.3 Å². The molecule has 2 bridgehead atoms. The van der Waals surface area contributed by atoms with Crippen LogP contribution in [0.25, 0.3) is 10.8 Å². The minimum absolute atomic E-state index is 0.0294. The fraction of sp³-hybridized carbons (Fsp3) is 0.698. The number of nitrogens with one attached hydrogen (secondary N) is 1. The molecule has 6 aliphatic rings. The van der Waals surface area contributed by atoms with Gasteiger partial charge in [-0.1, -0.05) is 86.6 Å². The number of benzene rings is 1. The van der Waals surface area contributed by atoms with Crippen LogP contribution in [-0.4, -0.2) is 58.6 Å². The normalized spacial score (nSPS) is 38.5. The molecule has 0 unspecified atom stereocenters. The van der Waals surface area contributed by atoms with E-state index in [-0.39, 0.29) is 28.8 Å². The van der Waals surface area contributed by atoms with Crippen LogP contribution in [0.2, 0.25) is 27.8 Å². The summed E-state index contributed by atoms with van der Waals surface area (Å²) >= 11 is 0. The van der Waals surface area contributed by atoms with E-state index in [1.807, 2.05) is 12.4 Å². The number of nitrogens with zero attached hydrogens (tertiary/aromatic N) is 1. The second kappa shape index (κ2) is 12.2. The van der Waals surface area contributed by atoms with Crippen molar-refractivity contribution >= 4 is 27.4 Å². The Labute approximate surface area is 304 Å². The zero-order chi connectivity index (χ0) is 35.4. The fourth-order valence-corrected chi connectivity index (χ4v) is 28.8. The van der Waals surface area contributed by atoms with Crippen molar-refractivity contribution in [1.29, 1.82) is 0 Å². The number of ether oxygens (including phenoxy) is 1. The van der Waals surface area contributed by atoms with E-state index in [2.05, 4.69) is 116 Å². The van der Waals surface area contributed by atoms with Crippen molar-refractivity contribution in [3.8, 4) is 0 Å². The molecule has 5 nitrogen and oxygen atoms in total. The van der Waals surface area contributed by atoms with Crippen LogP contribution < -0.4 is 5.32 Å². The summed E-state index contributed by atoms with van der Waals surface area (Å²) in [5.41, 5.74) is 7.41. The predicted octanol–water partition coefficient (Wildman–Crippen LogP) is 10.4. The Balaban J connectivity index is 1.24. The number of allylic oxidation sites excluding steroid dienone is 1. The van der Waals surface area contributed by atoms with Gasteiger partial charge in [0.05, 0.1) is 23.4 Å². The maximum atomic E-state index is 8.01. The summed E-state index contributed by atoms with van der Waals surface area (Å²) in [5, 5.41) is 6.16. The average molecular weight is 713 g/mol. The Hall–Kier alpha value is -1.62. The standard InChI is InChI=1S/C43H64N2O3Si2/c1-27(2)49(28(3)4)26-50(29(5)6,30(7)8)47-40-37-22-35-15-17-41(9)36(32-12-11-31-16-20-45-25-33(31)21-32)13-14-38(41)43(35)19-18-42(37,48-43)23-34(24-44-10)39(40)46-49/h11-12,15-16,20-22,25,27-30,34,36,38-40,44H,13-14,17-19,23-24,26H2,1-10H3/t34-,36-,38-,39-,40-,41-,42-,43-/m1/s1. The van der Waals surface area contributed by atoms with Gasteiger partial charge in [0.25, 0.3) is 0 Å². The van der Waals surface area contributed by atoms with E-state index in [1.165, 1.54) is 46.0 Å². The van der Waals surface area contributed by atoms with E-state index in [0.29, 0.717) is 39.9 Å². The summed E-state index contributed by atoms with van der Waals surface area (Å²) in [6.45, 7) is 23.3. The summed E-state index contributed by atoms with van der Waals surface area (Å²) in [6.07, 6.45) is 16.0. The Bertz CT molecular complexity index is 1690. The largest absolute Gasteiger partial charge is 0.410 e. The molecule has 50 heavy (non-hydrogen) atoms. The van der Waals surface area contributed by atoms with Crippen LogP contribution in [0, 0.1) is 17.3 Å². The van der Waals surface area contributed by atoms with E-state index in [0.717, 1.165) is 32.2 Å². The topological polar surface area (TPSA) is 52.6 Å². The van der Waals surface area contributed by atoms with Crippen LogP contribution >= 0.6 is 0 Å². The van der Waals surface area contributed by atoms with Crippen molar-refractivity contribution < 1.29 is 13.6 Å². The molecule has 1 aromatic carbocycles. The summed E-state index contributed by atoms with van der Waals surface area (Å²) in [4.78, 5) is 4.45. The van der Waals surface area contributed by atoms with Crippen molar-refractivity contribution in [2.45, 2.75) is 158 Å². The Morgan fingerprint density at radius 3 is 2.32 bits per heavy atom. The van der Waals surface area contributed by atoms with Gasteiger partial charge in [-0.2, -0.15) is 0 Å². The summed E-state index contributed by atoms with van der Waals surface area (Å²) in [5.74, 6) is 1.39. The fourth-order valence-electron chi connectivity index (χ4n) is 12.8. The van der Waals surface area contributed by atoms with Crippen LogP contribution in [0.3, 0.4) is 0 Å². The molecule has 0 amide bonds. The summed E-state index contributed by atoms with van der Waals surface area (Å²) in [6, 6.07) is 9.27. The number of rotatable bonds is 7. The van der Waals surface area contributed by atoms with Gasteiger partial charge in [-0.15, -0.1) is 0 Å². The molecule has 1 aromatic heterocycles. The van der Waals surface area contributed by atoms with Crippen LogP contribution in [0.4, 0.5) is 0 Å². The van der Waals surface area contributed by atoms with Gasteiger partial charge in [-0.05, 0) is 125 Å². The predicted molar refractivity (Wildman–Crippen MR) is 210 cm³/mol. The van der Waals surface area contributed by atoms with Gasteiger partial charge in [-0.25, -0.2) is 0 Å². The van der Waals surface area contributed by atoms with Gasteiger partial charge >= 0.3 is 0 Å². The maximum absolute atomic E-state index is 8.01. The molecule has 1 N–H and O–H groups in total. The van der Waals surface area contributed by atoms with Gasteiger partial charge in [0, 0.05) is 30.2 Å². The van der Waals surface area contributed by atoms with Crippen LogP contribution in [0.1, 0.15) is 112 Å². The number of hydrogen-bond donors (Lipinski definition) is 1. The van der Waals surface area contributed by atoms with Gasteiger partial charge in [0.2, 0.25) is 0 Å². The average Bonchev–Trinajstić information content (AvgIpc) is 3.52. The summed E-state index contributed by atoms with van der Waals surface area (Å²) in [7, 11) is -2.35. The molecule has 3 aliphatic heterocycles. The highest BCUT2D eigenvalue weighted by Crippen LogP contribution is 2.70. The molecule has 2 saturated heterocycles. The Kier molecular flexibility index (Phi) is 8.65. The second-order valence-corrected chi connectivity index (χ2v) is 29.3. The highest BCUT2D eigenvalue weighted by molar-refractivity contribution is 6.94. The Morgan fingerprint density at radius 1 is 0.900 bits per heavy atom. The van der Waals surface area contributed by atoms with Gasteiger partial charge in [-0.3, -0.25) is 4.98 Å². The quantitative estimate of drug-likeness (QED) is 0.290.